The molecule has 1 aliphatic carbocycles. The van der Waals surface area contributed by atoms with Crippen molar-refractivity contribution in [2.45, 2.75) is 38.0 Å². The number of halogens is 6. The molecule has 1 saturated heterocycles. The molecule has 5 nitrogen and oxygen atoms in total. The van der Waals surface area contributed by atoms with Gasteiger partial charge in [-0.2, -0.15) is 18.3 Å². The molecule has 2 fully saturated rings. The predicted octanol–water partition coefficient (Wildman–Crippen LogP) is 5.19. The lowest BCUT2D eigenvalue weighted by atomic mass is 10.2. The van der Waals surface area contributed by atoms with E-state index in [1.807, 2.05) is 6.07 Å². The lowest BCUT2D eigenvalue weighted by Gasteiger charge is -2.35. The van der Waals surface area contributed by atoms with Crippen molar-refractivity contribution in [3.8, 4) is 0 Å². The van der Waals surface area contributed by atoms with E-state index in [0.717, 1.165) is 18.4 Å². The number of hydrogen-bond donors (Lipinski definition) is 0. The molecule has 4 rings (SSSR count). The fraction of sp³-hybridized carbons (Fsp3) is 0.500. The van der Waals surface area contributed by atoms with Crippen LogP contribution in [0.4, 0.5) is 13.2 Å². The van der Waals surface area contributed by atoms with Crippen molar-refractivity contribution >= 4 is 45.0 Å². The maximum atomic E-state index is 13.3. The largest absolute Gasteiger partial charge is 0.436 e. The first kappa shape index (κ1) is 22.9. The van der Waals surface area contributed by atoms with Crippen LogP contribution in [0.3, 0.4) is 0 Å². The van der Waals surface area contributed by atoms with Gasteiger partial charge in [0.1, 0.15) is 6.54 Å². The standard InChI is InChI=1S/C20H20BrCl2F3N4O/c21-17-18(12-1-2-12)30(27-19(17)20(24,25)26)11-16(31)29-7-5-28(6-8-29)10-13-3-4-14(22)9-15(13)23/h3-4,9,12H,1-2,5-8,10-11H2. The highest BCUT2D eigenvalue weighted by Crippen LogP contribution is 2.47. The van der Waals surface area contributed by atoms with Gasteiger partial charge in [-0.05, 0) is 46.5 Å². The highest BCUT2D eigenvalue weighted by molar-refractivity contribution is 9.10. The van der Waals surface area contributed by atoms with Crippen LogP contribution in [0.25, 0.3) is 0 Å². The Kier molecular flexibility index (Phi) is 6.59. The Labute approximate surface area is 196 Å². The van der Waals surface area contributed by atoms with Gasteiger partial charge in [-0.3, -0.25) is 14.4 Å². The highest BCUT2D eigenvalue weighted by Gasteiger charge is 2.42. The SMILES string of the molecule is O=C(Cn1nc(C(F)(F)F)c(Br)c1C1CC1)N1CCN(Cc2ccc(Cl)cc2Cl)CC1. The van der Waals surface area contributed by atoms with Crippen molar-refractivity contribution in [2.75, 3.05) is 26.2 Å². The lowest BCUT2D eigenvalue weighted by Crippen LogP contribution is -2.49. The zero-order valence-electron chi connectivity index (χ0n) is 16.4. The molecule has 1 saturated carbocycles. The summed E-state index contributed by atoms with van der Waals surface area (Å²) < 4.78 is 41.0. The second-order valence-corrected chi connectivity index (χ2v) is 9.51. The first-order chi connectivity index (χ1) is 14.6. The molecule has 11 heteroatoms. The molecule has 1 aromatic heterocycles. The minimum Gasteiger partial charge on any atom is -0.339 e. The average Bonchev–Trinajstić information content (AvgIpc) is 3.47. The Hall–Kier alpha value is -1.29. The van der Waals surface area contributed by atoms with Gasteiger partial charge >= 0.3 is 6.18 Å². The first-order valence-electron chi connectivity index (χ1n) is 9.91. The maximum Gasteiger partial charge on any atom is 0.436 e. The molecule has 2 aromatic rings. The van der Waals surface area contributed by atoms with Crippen LogP contribution in [0.15, 0.2) is 22.7 Å². The minimum atomic E-state index is -4.56. The van der Waals surface area contributed by atoms with Gasteiger partial charge in [0.15, 0.2) is 5.69 Å². The van der Waals surface area contributed by atoms with Gasteiger partial charge in [-0.25, -0.2) is 0 Å². The van der Waals surface area contributed by atoms with Crippen LogP contribution in [-0.2, 0) is 24.1 Å². The van der Waals surface area contributed by atoms with Crippen LogP contribution in [0, 0.1) is 0 Å². The fourth-order valence-corrected chi connectivity index (χ4v) is 5.08. The number of carbonyl (C=O) groups excluding carboxylic acids is 1. The van der Waals surface area contributed by atoms with Crippen molar-refractivity contribution in [3.63, 3.8) is 0 Å². The van der Waals surface area contributed by atoms with E-state index >= 15 is 0 Å². The van der Waals surface area contributed by atoms with E-state index in [1.165, 1.54) is 4.68 Å². The van der Waals surface area contributed by atoms with E-state index in [-0.39, 0.29) is 22.8 Å². The molecular weight excluding hydrogens is 520 g/mol. The molecular formula is C20H20BrCl2F3N4O. The summed E-state index contributed by atoms with van der Waals surface area (Å²) >= 11 is 15.2. The fourth-order valence-electron chi connectivity index (χ4n) is 3.78. The van der Waals surface area contributed by atoms with Crippen LogP contribution >= 0.6 is 39.1 Å². The predicted molar refractivity (Wildman–Crippen MR) is 115 cm³/mol. The third kappa shape index (κ3) is 5.21. The summed E-state index contributed by atoms with van der Waals surface area (Å²) in [5, 5.41) is 4.90. The van der Waals surface area contributed by atoms with Crippen LogP contribution in [0.2, 0.25) is 10.0 Å². The van der Waals surface area contributed by atoms with E-state index < -0.39 is 11.9 Å². The number of hydrogen-bond acceptors (Lipinski definition) is 3. The summed E-state index contributed by atoms with van der Waals surface area (Å²) in [6.45, 7) is 2.75. The van der Waals surface area contributed by atoms with Gasteiger partial charge in [-0.15, -0.1) is 0 Å². The third-order valence-electron chi connectivity index (χ3n) is 5.58. The average molecular weight is 540 g/mol. The number of piperazine rings is 1. The molecule has 0 spiro atoms. The zero-order valence-corrected chi connectivity index (χ0v) is 19.5. The quantitative estimate of drug-likeness (QED) is 0.525. The molecule has 0 N–H and O–H groups in total. The summed E-state index contributed by atoms with van der Waals surface area (Å²) in [6.07, 6.45) is -2.95. The molecule has 31 heavy (non-hydrogen) atoms. The van der Waals surface area contributed by atoms with Crippen LogP contribution in [0.5, 0.6) is 0 Å². The minimum absolute atomic E-state index is 0.0201. The summed E-state index contributed by atoms with van der Waals surface area (Å²) in [7, 11) is 0. The molecule has 0 atom stereocenters. The number of aromatic nitrogens is 2. The maximum absolute atomic E-state index is 13.3. The number of alkyl halides is 3. The van der Waals surface area contributed by atoms with Crippen LogP contribution < -0.4 is 0 Å². The normalized spacial score (nSPS) is 17.9. The van der Waals surface area contributed by atoms with Crippen molar-refractivity contribution in [3.05, 3.63) is 49.7 Å². The Morgan fingerprint density at radius 1 is 1.16 bits per heavy atom. The second kappa shape index (κ2) is 8.92. The molecule has 2 heterocycles. The Morgan fingerprint density at radius 3 is 2.42 bits per heavy atom. The monoisotopic (exact) mass is 538 g/mol. The topological polar surface area (TPSA) is 41.4 Å². The third-order valence-corrected chi connectivity index (χ3v) is 6.95. The number of rotatable bonds is 5. The van der Waals surface area contributed by atoms with Gasteiger partial charge < -0.3 is 4.90 Å². The molecule has 1 amide bonds. The number of nitrogens with zero attached hydrogens (tertiary/aromatic N) is 4. The van der Waals surface area contributed by atoms with Crippen LogP contribution in [0.1, 0.15) is 35.7 Å². The number of carbonyl (C=O) groups is 1. The number of benzene rings is 1. The Morgan fingerprint density at radius 2 is 1.84 bits per heavy atom. The molecule has 0 bridgehead atoms. The van der Waals surface area contributed by atoms with Crippen molar-refractivity contribution in [1.29, 1.82) is 0 Å². The van der Waals surface area contributed by atoms with Crippen molar-refractivity contribution < 1.29 is 18.0 Å². The van der Waals surface area contributed by atoms with Crippen molar-refractivity contribution in [1.82, 2.24) is 19.6 Å². The van der Waals surface area contributed by atoms with Gasteiger partial charge in [0, 0.05) is 48.7 Å². The van der Waals surface area contributed by atoms with E-state index in [1.54, 1.807) is 17.0 Å². The second-order valence-electron chi connectivity index (χ2n) is 7.87. The lowest BCUT2D eigenvalue weighted by molar-refractivity contribution is -0.142. The zero-order chi connectivity index (χ0) is 22.3. The molecule has 2 aliphatic rings. The van der Waals surface area contributed by atoms with Gasteiger partial charge in [0.05, 0.1) is 10.2 Å². The van der Waals surface area contributed by atoms with Gasteiger partial charge in [-0.1, -0.05) is 29.3 Å². The first-order valence-corrected chi connectivity index (χ1v) is 11.5. The molecule has 0 radical (unpaired) electrons. The molecule has 1 aromatic carbocycles. The summed E-state index contributed by atoms with van der Waals surface area (Å²) in [5.74, 6) is -0.207. The van der Waals surface area contributed by atoms with Gasteiger partial charge in [0.2, 0.25) is 5.91 Å². The Balaban J connectivity index is 1.38. The number of amides is 1. The van der Waals surface area contributed by atoms with Crippen LogP contribution in [-0.4, -0.2) is 51.7 Å². The molecule has 168 valence electrons. The molecule has 1 aliphatic heterocycles. The van der Waals surface area contributed by atoms with E-state index in [0.29, 0.717) is 48.5 Å². The smallest absolute Gasteiger partial charge is 0.339 e. The van der Waals surface area contributed by atoms with Crippen molar-refractivity contribution in [2.24, 2.45) is 0 Å². The highest BCUT2D eigenvalue weighted by atomic mass is 79.9. The van der Waals surface area contributed by atoms with Gasteiger partial charge in [0.25, 0.3) is 0 Å². The van der Waals surface area contributed by atoms with E-state index in [4.69, 9.17) is 23.2 Å². The van der Waals surface area contributed by atoms with E-state index in [2.05, 4.69) is 25.9 Å². The van der Waals surface area contributed by atoms with E-state index in [9.17, 15) is 18.0 Å². The Bertz CT molecular complexity index is 986. The summed E-state index contributed by atoms with van der Waals surface area (Å²) in [6, 6.07) is 5.37. The molecule has 0 unspecified atom stereocenters. The summed E-state index contributed by atoms with van der Waals surface area (Å²) in [4.78, 5) is 16.7. The summed E-state index contributed by atoms with van der Waals surface area (Å²) in [5.41, 5.74) is 0.463.